The Kier molecular flexibility index (Phi) is 4.82. The van der Waals surface area contributed by atoms with Crippen LogP contribution in [0.5, 0.6) is 0 Å². The highest BCUT2D eigenvalue weighted by atomic mass is 32.2. The largest absolute Gasteiger partial charge is 0.311 e. The van der Waals surface area contributed by atoms with Crippen molar-refractivity contribution >= 4 is 10.0 Å². The molecule has 1 fully saturated rings. The molecule has 0 radical (unpaired) electrons. The Bertz CT molecular complexity index is 553. The van der Waals surface area contributed by atoms with Gasteiger partial charge in [-0.25, -0.2) is 8.42 Å². The van der Waals surface area contributed by atoms with Gasteiger partial charge >= 0.3 is 0 Å². The van der Waals surface area contributed by atoms with Gasteiger partial charge in [0, 0.05) is 19.1 Å². The molecule has 0 aromatic carbocycles. The standard InChI is InChI=1S/C13H24N4O2S/c1-4-7-14-9-12-13(11(3)15-16-12)20(18,19)17-8-5-6-10(17)2/h10,14H,4-9H2,1-3H3,(H,15,16). The average Bonchev–Trinajstić information content (AvgIpc) is 2.97. The lowest BCUT2D eigenvalue weighted by molar-refractivity contribution is 0.407. The molecular weight excluding hydrogens is 276 g/mol. The molecule has 1 aliphatic rings. The molecule has 6 nitrogen and oxygen atoms in total. The van der Waals surface area contributed by atoms with Crippen molar-refractivity contribution in [2.45, 2.75) is 57.5 Å². The van der Waals surface area contributed by atoms with Crippen molar-refractivity contribution < 1.29 is 8.42 Å². The molecule has 1 unspecified atom stereocenters. The molecule has 0 amide bonds. The minimum atomic E-state index is -3.44. The lowest BCUT2D eigenvalue weighted by Crippen LogP contribution is -2.34. The van der Waals surface area contributed by atoms with Crippen LogP contribution >= 0.6 is 0 Å². The lowest BCUT2D eigenvalue weighted by Gasteiger charge is -2.21. The summed E-state index contributed by atoms with van der Waals surface area (Å²) in [5.41, 5.74) is 1.22. The van der Waals surface area contributed by atoms with Crippen molar-refractivity contribution in [1.29, 1.82) is 0 Å². The van der Waals surface area contributed by atoms with E-state index in [1.165, 1.54) is 0 Å². The molecule has 2 rings (SSSR count). The van der Waals surface area contributed by atoms with Gasteiger partial charge in [0.05, 0.1) is 11.4 Å². The predicted molar refractivity (Wildman–Crippen MR) is 77.9 cm³/mol. The maximum atomic E-state index is 12.8. The summed E-state index contributed by atoms with van der Waals surface area (Å²) < 4.78 is 27.2. The number of H-pyrrole nitrogens is 1. The maximum Gasteiger partial charge on any atom is 0.247 e. The second-order valence-electron chi connectivity index (χ2n) is 5.41. The van der Waals surface area contributed by atoms with Crippen LogP contribution in [0, 0.1) is 6.92 Å². The van der Waals surface area contributed by atoms with Crippen LogP contribution in [0.1, 0.15) is 44.5 Å². The maximum absolute atomic E-state index is 12.8. The summed E-state index contributed by atoms with van der Waals surface area (Å²) in [4.78, 5) is 0.356. The molecule has 0 saturated carbocycles. The normalized spacial score (nSPS) is 20.6. The molecule has 0 aliphatic carbocycles. The monoisotopic (exact) mass is 300 g/mol. The number of hydrogen-bond donors (Lipinski definition) is 2. The zero-order chi connectivity index (χ0) is 14.8. The molecule has 7 heteroatoms. The Morgan fingerprint density at radius 2 is 2.25 bits per heavy atom. The van der Waals surface area contributed by atoms with E-state index in [1.807, 2.05) is 6.92 Å². The van der Waals surface area contributed by atoms with Gasteiger partial charge in [0.1, 0.15) is 4.90 Å². The van der Waals surface area contributed by atoms with Crippen LogP contribution < -0.4 is 5.32 Å². The van der Waals surface area contributed by atoms with E-state index in [4.69, 9.17) is 0 Å². The van der Waals surface area contributed by atoms with Crippen LogP contribution in [-0.2, 0) is 16.6 Å². The van der Waals surface area contributed by atoms with E-state index in [0.717, 1.165) is 25.8 Å². The number of nitrogens with one attached hydrogen (secondary N) is 2. The van der Waals surface area contributed by atoms with E-state index < -0.39 is 10.0 Å². The van der Waals surface area contributed by atoms with E-state index in [-0.39, 0.29) is 6.04 Å². The van der Waals surface area contributed by atoms with Crippen LogP contribution in [0.25, 0.3) is 0 Å². The van der Waals surface area contributed by atoms with Crippen molar-refractivity contribution in [3.8, 4) is 0 Å². The summed E-state index contributed by atoms with van der Waals surface area (Å²) in [5.74, 6) is 0. The Morgan fingerprint density at radius 1 is 1.50 bits per heavy atom. The van der Waals surface area contributed by atoms with Crippen LogP contribution in [-0.4, -0.2) is 42.1 Å². The van der Waals surface area contributed by atoms with Crippen molar-refractivity contribution in [3.05, 3.63) is 11.4 Å². The van der Waals surface area contributed by atoms with Gasteiger partial charge in [-0.15, -0.1) is 0 Å². The van der Waals surface area contributed by atoms with Crippen LogP contribution in [0.4, 0.5) is 0 Å². The summed E-state index contributed by atoms with van der Waals surface area (Å²) in [5, 5.41) is 10.2. The number of aromatic amines is 1. The highest BCUT2D eigenvalue weighted by Gasteiger charge is 2.36. The third-order valence-electron chi connectivity index (χ3n) is 3.74. The first-order valence-electron chi connectivity index (χ1n) is 7.25. The number of aryl methyl sites for hydroxylation is 1. The van der Waals surface area contributed by atoms with Crippen molar-refractivity contribution in [1.82, 2.24) is 19.8 Å². The first-order valence-corrected chi connectivity index (χ1v) is 8.69. The summed E-state index contributed by atoms with van der Waals surface area (Å²) in [6.07, 6.45) is 2.87. The Labute approximate surface area is 121 Å². The molecule has 2 heterocycles. The fourth-order valence-corrected chi connectivity index (χ4v) is 4.73. The number of rotatable bonds is 6. The zero-order valence-corrected chi connectivity index (χ0v) is 13.3. The highest BCUT2D eigenvalue weighted by Crippen LogP contribution is 2.28. The first-order chi connectivity index (χ1) is 9.48. The summed E-state index contributed by atoms with van der Waals surface area (Å²) in [7, 11) is -3.44. The van der Waals surface area contributed by atoms with Crippen LogP contribution in [0.3, 0.4) is 0 Å². The van der Waals surface area contributed by atoms with E-state index in [2.05, 4.69) is 22.4 Å². The molecular formula is C13H24N4O2S. The van der Waals surface area contributed by atoms with Crippen molar-refractivity contribution in [3.63, 3.8) is 0 Å². The van der Waals surface area contributed by atoms with Gasteiger partial charge in [0.15, 0.2) is 0 Å². The summed E-state index contributed by atoms with van der Waals surface area (Å²) in [6.45, 7) is 7.75. The molecule has 1 aromatic rings. The molecule has 0 bridgehead atoms. The van der Waals surface area contributed by atoms with E-state index in [9.17, 15) is 8.42 Å². The lowest BCUT2D eigenvalue weighted by atomic mass is 10.3. The second kappa shape index (κ2) is 6.24. The highest BCUT2D eigenvalue weighted by molar-refractivity contribution is 7.89. The SMILES string of the molecule is CCCNCc1n[nH]c(C)c1S(=O)(=O)N1CCCC1C. The fourth-order valence-electron chi connectivity index (χ4n) is 2.70. The molecule has 1 aliphatic heterocycles. The zero-order valence-electron chi connectivity index (χ0n) is 12.4. The molecule has 1 aromatic heterocycles. The van der Waals surface area contributed by atoms with Crippen LogP contribution in [0.15, 0.2) is 4.90 Å². The van der Waals surface area contributed by atoms with Crippen molar-refractivity contribution in [2.24, 2.45) is 0 Å². The third-order valence-corrected chi connectivity index (χ3v) is 5.96. The van der Waals surface area contributed by atoms with Gasteiger partial charge in [-0.2, -0.15) is 9.40 Å². The number of sulfonamides is 1. The van der Waals surface area contributed by atoms with Gasteiger partial charge in [0.2, 0.25) is 10.0 Å². The summed E-state index contributed by atoms with van der Waals surface area (Å²) >= 11 is 0. The summed E-state index contributed by atoms with van der Waals surface area (Å²) in [6, 6.07) is 0.0748. The van der Waals surface area contributed by atoms with Crippen molar-refractivity contribution in [2.75, 3.05) is 13.1 Å². The fraction of sp³-hybridized carbons (Fsp3) is 0.769. The topological polar surface area (TPSA) is 78.1 Å². The quantitative estimate of drug-likeness (QED) is 0.778. The minimum Gasteiger partial charge on any atom is -0.311 e. The third kappa shape index (κ3) is 2.89. The smallest absolute Gasteiger partial charge is 0.247 e. The van der Waals surface area contributed by atoms with E-state index in [1.54, 1.807) is 11.2 Å². The van der Waals surface area contributed by atoms with Crippen LogP contribution in [0.2, 0.25) is 0 Å². The number of nitrogens with zero attached hydrogens (tertiary/aromatic N) is 2. The molecule has 1 saturated heterocycles. The predicted octanol–water partition coefficient (Wildman–Crippen LogP) is 1.39. The molecule has 114 valence electrons. The van der Waals surface area contributed by atoms with E-state index in [0.29, 0.717) is 29.4 Å². The Hall–Kier alpha value is -0.920. The number of hydrogen-bond acceptors (Lipinski definition) is 4. The molecule has 2 N–H and O–H groups in total. The molecule has 20 heavy (non-hydrogen) atoms. The number of aromatic nitrogens is 2. The Balaban J connectivity index is 2.28. The van der Waals surface area contributed by atoms with Gasteiger partial charge < -0.3 is 5.32 Å². The second-order valence-corrected chi connectivity index (χ2v) is 7.24. The van der Waals surface area contributed by atoms with E-state index >= 15 is 0 Å². The van der Waals surface area contributed by atoms with Gasteiger partial charge in [0.25, 0.3) is 0 Å². The average molecular weight is 300 g/mol. The van der Waals surface area contributed by atoms with Gasteiger partial charge in [-0.1, -0.05) is 6.92 Å². The molecule has 0 spiro atoms. The molecule has 1 atom stereocenters. The van der Waals surface area contributed by atoms with Gasteiger partial charge in [-0.05, 0) is 39.7 Å². The van der Waals surface area contributed by atoms with Gasteiger partial charge in [-0.3, -0.25) is 5.10 Å². The Morgan fingerprint density at radius 3 is 2.85 bits per heavy atom. The minimum absolute atomic E-state index is 0.0748. The first kappa shape index (κ1) is 15.5.